The number of halogens is 1. The molecule has 0 aromatic carbocycles. The molecule has 12 heavy (non-hydrogen) atoms. The molecule has 1 N–H and O–H groups in total. The molecule has 0 rings (SSSR count). The molecular formula is C8H15ClO3. The van der Waals surface area contributed by atoms with E-state index in [0.29, 0.717) is 0 Å². The molecule has 4 heteroatoms. The molecule has 0 saturated heterocycles. The van der Waals surface area contributed by atoms with Crippen molar-refractivity contribution in [2.75, 3.05) is 12.5 Å². The molecule has 0 heterocycles. The molecule has 0 amide bonds. The fourth-order valence-electron chi connectivity index (χ4n) is 0.532. The summed E-state index contributed by atoms with van der Waals surface area (Å²) in [6, 6.07) is 0. The number of ether oxygens (including phenoxy) is 1. The molecular weight excluding hydrogens is 180 g/mol. The van der Waals surface area contributed by atoms with Crippen molar-refractivity contribution < 1.29 is 14.6 Å². The second-order valence-electron chi connectivity index (χ2n) is 2.75. The van der Waals surface area contributed by atoms with Gasteiger partial charge in [0.2, 0.25) is 0 Å². The van der Waals surface area contributed by atoms with Crippen LogP contribution in [0.25, 0.3) is 0 Å². The van der Waals surface area contributed by atoms with Gasteiger partial charge >= 0.3 is 5.97 Å². The summed E-state index contributed by atoms with van der Waals surface area (Å²) < 4.78 is 4.77. The van der Waals surface area contributed by atoms with Crippen LogP contribution in [0, 0.1) is 5.92 Å². The van der Waals surface area contributed by atoms with Crippen LogP contribution in [0.3, 0.4) is 0 Å². The Morgan fingerprint density at radius 1 is 1.67 bits per heavy atom. The predicted molar refractivity (Wildman–Crippen MR) is 47.1 cm³/mol. The molecule has 0 aliphatic heterocycles. The summed E-state index contributed by atoms with van der Waals surface area (Å²) in [7, 11) is 0. The van der Waals surface area contributed by atoms with Crippen molar-refractivity contribution in [1.82, 2.24) is 0 Å². The van der Waals surface area contributed by atoms with Crippen LogP contribution in [0.1, 0.15) is 20.3 Å². The monoisotopic (exact) mass is 194 g/mol. The summed E-state index contributed by atoms with van der Waals surface area (Å²) in [5.74, 6) is -0.289. The topological polar surface area (TPSA) is 46.5 Å². The van der Waals surface area contributed by atoms with Crippen molar-refractivity contribution >= 4 is 17.6 Å². The van der Waals surface area contributed by atoms with E-state index < -0.39 is 6.10 Å². The van der Waals surface area contributed by atoms with Gasteiger partial charge in [-0.05, 0) is 6.42 Å². The Morgan fingerprint density at radius 3 is 2.67 bits per heavy atom. The normalized spacial score (nSPS) is 15.3. The molecule has 0 aromatic rings. The number of rotatable bonds is 5. The number of carbonyl (C=O) groups is 1. The third-order valence-electron chi connectivity index (χ3n) is 1.61. The lowest BCUT2D eigenvalue weighted by Crippen LogP contribution is -2.22. The average molecular weight is 195 g/mol. The Bertz CT molecular complexity index is 138. The van der Waals surface area contributed by atoms with Crippen LogP contribution in [0.15, 0.2) is 0 Å². The average Bonchev–Trinajstić information content (AvgIpc) is 2.11. The quantitative estimate of drug-likeness (QED) is 0.528. The maximum atomic E-state index is 11.0. The summed E-state index contributed by atoms with van der Waals surface area (Å²) in [4.78, 5) is 11.0. The van der Waals surface area contributed by atoms with Crippen molar-refractivity contribution in [3.05, 3.63) is 0 Å². The van der Waals surface area contributed by atoms with Crippen LogP contribution >= 0.6 is 11.6 Å². The Labute approximate surface area is 77.7 Å². The lowest BCUT2D eigenvalue weighted by atomic mass is 10.1. The van der Waals surface area contributed by atoms with Gasteiger partial charge in [0.05, 0.1) is 11.8 Å². The second kappa shape index (κ2) is 6.26. The molecule has 0 saturated carbocycles. The number of aliphatic hydroxyl groups is 1. The third-order valence-corrected chi connectivity index (χ3v) is 1.97. The van der Waals surface area contributed by atoms with Crippen LogP contribution in [0.5, 0.6) is 0 Å². The van der Waals surface area contributed by atoms with E-state index >= 15 is 0 Å². The fraction of sp³-hybridized carbons (Fsp3) is 0.875. The molecule has 0 aliphatic rings. The first-order chi connectivity index (χ1) is 5.61. The lowest BCUT2D eigenvalue weighted by molar-refractivity contribution is -0.150. The van der Waals surface area contributed by atoms with Crippen LogP contribution in [-0.2, 0) is 9.53 Å². The van der Waals surface area contributed by atoms with Gasteiger partial charge in [0.25, 0.3) is 0 Å². The first kappa shape index (κ1) is 11.7. The third kappa shape index (κ3) is 4.57. The smallest absolute Gasteiger partial charge is 0.308 e. The Balaban J connectivity index is 3.56. The van der Waals surface area contributed by atoms with E-state index in [0.717, 1.165) is 6.42 Å². The van der Waals surface area contributed by atoms with Gasteiger partial charge in [-0.15, -0.1) is 11.6 Å². The summed E-state index contributed by atoms with van der Waals surface area (Å²) in [6.07, 6.45) is -0.00447. The maximum Gasteiger partial charge on any atom is 0.308 e. The van der Waals surface area contributed by atoms with Gasteiger partial charge in [-0.25, -0.2) is 0 Å². The zero-order chi connectivity index (χ0) is 9.56. The molecule has 2 atom stereocenters. The second-order valence-corrected chi connectivity index (χ2v) is 3.06. The van der Waals surface area contributed by atoms with E-state index in [1.165, 1.54) is 0 Å². The highest BCUT2D eigenvalue weighted by Crippen LogP contribution is 2.03. The van der Waals surface area contributed by atoms with Gasteiger partial charge in [0, 0.05) is 0 Å². The molecule has 0 spiro atoms. The summed E-state index contributed by atoms with van der Waals surface area (Å²) in [5, 5.41) is 8.95. The van der Waals surface area contributed by atoms with Crippen LogP contribution in [0.4, 0.5) is 0 Å². The van der Waals surface area contributed by atoms with Crippen molar-refractivity contribution in [3.63, 3.8) is 0 Å². The number of hydrogen-bond acceptors (Lipinski definition) is 3. The van der Waals surface area contributed by atoms with E-state index in [2.05, 4.69) is 0 Å². The minimum absolute atomic E-state index is 0.00727. The van der Waals surface area contributed by atoms with Gasteiger partial charge in [0.15, 0.2) is 0 Å². The highest BCUT2D eigenvalue weighted by molar-refractivity contribution is 6.18. The number of aliphatic hydroxyl groups excluding tert-OH is 1. The predicted octanol–water partition coefficient (Wildman–Crippen LogP) is 1.18. The van der Waals surface area contributed by atoms with E-state index in [-0.39, 0.29) is 24.4 Å². The first-order valence-corrected chi connectivity index (χ1v) is 4.55. The number of alkyl halides is 1. The van der Waals surface area contributed by atoms with E-state index in [1.807, 2.05) is 6.92 Å². The molecule has 72 valence electrons. The molecule has 0 aliphatic carbocycles. The molecule has 3 nitrogen and oxygen atoms in total. The van der Waals surface area contributed by atoms with Gasteiger partial charge in [-0.2, -0.15) is 0 Å². The molecule has 0 fully saturated rings. The molecule has 0 bridgehead atoms. The highest BCUT2D eigenvalue weighted by atomic mass is 35.5. The largest absolute Gasteiger partial charge is 0.463 e. The van der Waals surface area contributed by atoms with Crippen molar-refractivity contribution in [2.24, 2.45) is 5.92 Å². The van der Waals surface area contributed by atoms with Gasteiger partial charge < -0.3 is 9.84 Å². The van der Waals surface area contributed by atoms with Crippen molar-refractivity contribution in [1.29, 1.82) is 0 Å². The van der Waals surface area contributed by atoms with Gasteiger partial charge in [0.1, 0.15) is 12.7 Å². The van der Waals surface area contributed by atoms with Crippen LogP contribution < -0.4 is 0 Å². The van der Waals surface area contributed by atoms with Gasteiger partial charge in [-0.1, -0.05) is 13.8 Å². The zero-order valence-corrected chi connectivity index (χ0v) is 8.17. The maximum absolute atomic E-state index is 11.0. The Hall–Kier alpha value is -0.280. The Morgan fingerprint density at radius 2 is 2.25 bits per heavy atom. The standard InChI is InChI=1S/C8H15ClO3/c1-3-6(2)8(11)12-5-7(10)4-9/h6-7,10H,3-5H2,1-2H3. The molecule has 0 radical (unpaired) electrons. The SMILES string of the molecule is CCC(C)C(=O)OCC(O)CCl. The fourth-order valence-corrected chi connectivity index (χ4v) is 0.621. The van der Waals surface area contributed by atoms with E-state index in [1.54, 1.807) is 6.92 Å². The van der Waals surface area contributed by atoms with Gasteiger partial charge in [-0.3, -0.25) is 4.79 Å². The number of esters is 1. The highest BCUT2D eigenvalue weighted by Gasteiger charge is 2.13. The lowest BCUT2D eigenvalue weighted by Gasteiger charge is -2.11. The van der Waals surface area contributed by atoms with Crippen molar-refractivity contribution in [3.8, 4) is 0 Å². The first-order valence-electron chi connectivity index (χ1n) is 4.02. The van der Waals surface area contributed by atoms with Crippen LogP contribution in [0.2, 0.25) is 0 Å². The Kier molecular flexibility index (Phi) is 6.11. The van der Waals surface area contributed by atoms with Crippen LogP contribution in [-0.4, -0.2) is 29.7 Å². The number of carbonyl (C=O) groups excluding carboxylic acids is 1. The summed E-state index contributed by atoms with van der Waals surface area (Å²) in [5.41, 5.74) is 0. The zero-order valence-electron chi connectivity index (χ0n) is 7.42. The van der Waals surface area contributed by atoms with E-state index in [4.69, 9.17) is 21.4 Å². The summed E-state index contributed by atoms with van der Waals surface area (Å²) in [6.45, 7) is 3.69. The van der Waals surface area contributed by atoms with Crippen molar-refractivity contribution in [2.45, 2.75) is 26.4 Å². The molecule has 2 unspecified atom stereocenters. The molecule has 0 aromatic heterocycles. The minimum Gasteiger partial charge on any atom is -0.463 e. The number of hydrogen-bond donors (Lipinski definition) is 1. The minimum atomic E-state index is -0.750. The summed E-state index contributed by atoms with van der Waals surface area (Å²) >= 11 is 5.31. The van der Waals surface area contributed by atoms with E-state index in [9.17, 15) is 4.79 Å².